The number of ether oxygens (including phenoxy) is 1. The summed E-state index contributed by atoms with van der Waals surface area (Å²) >= 11 is 0. The van der Waals surface area contributed by atoms with E-state index in [1.54, 1.807) is 0 Å². The van der Waals surface area contributed by atoms with E-state index in [-0.39, 0.29) is 5.66 Å². The van der Waals surface area contributed by atoms with Crippen LogP contribution in [0.15, 0.2) is 34.3 Å². The van der Waals surface area contributed by atoms with E-state index in [0.717, 1.165) is 37.1 Å². The molecule has 112 valence electrons. The number of benzene rings is 1. The van der Waals surface area contributed by atoms with Gasteiger partial charge in [-0.1, -0.05) is 0 Å². The molecule has 1 fully saturated rings. The minimum absolute atomic E-state index is 0.358. The van der Waals surface area contributed by atoms with E-state index in [9.17, 15) is 0 Å². The first-order valence-electron chi connectivity index (χ1n) is 7.41. The van der Waals surface area contributed by atoms with E-state index in [1.807, 2.05) is 31.2 Å². The Hall–Kier alpha value is -2.24. The van der Waals surface area contributed by atoms with Gasteiger partial charge in [-0.05, 0) is 56.9 Å². The Bertz CT molecular complexity index is 558. The zero-order valence-corrected chi connectivity index (χ0v) is 12.2. The molecule has 1 aromatic carbocycles. The SMILES string of the molecule is CCOc1ccc(NC2=NC3(CCCC3)N=C(N)N2)cc1. The van der Waals surface area contributed by atoms with Crippen LogP contribution < -0.4 is 21.1 Å². The third kappa shape index (κ3) is 3.09. The molecule has 1 saturated carbocycles. The van der Waals surface area contributed by atoms with Crippen molar-refractivity contribution < 1.29 is 4.74 Å². The minimum Gasteiger partial charge on any atom is -0.494 e. The predicted octanol–water partition coefficient (Wildman–Crippen LogP) is 2.04. The molecule has 6 heteroatoms. The van der Waals surface area contributed by atoms with Crippen LogP contribution in [-0.2, 0) is 0 Å². The van der Waals surface area contributed by atoms with Crippen LogP contribution in [0.1, 0.15) is 32.6 Å². The summed E-state index contributed by atoms with van der Waals surface area (Å²) in [5.41, 5.74) is 6.47. The van der Waals surface area contributed by atoms with E-state index in [1.165, 1.54) is 0 Å². The molecular formula is C15H21N5O. The number of hydrogen-bond acceptors (Lipinski definition) is 6. The molecule has 1 aromatic rings. The van der Waals surface area contributed by atoms with Crippen LogP contribution in [0.25, 0.3) is 0 Å². The summed E-state index contributed by atoms with van der Waals surface area (Å²) in [5.74, 6) is 1.95. The first-order chi connectivity index (χ1) is 10.2. The summed E-state index contributed by atoms with van der Waals surface area (Å²) < 4.78 is 5.43. The molecule has 0 unspecified atom stereocenters. The van der Waals surface area contributed by atoms with Crippen molar-refractivity contribution in [3.05, 3.63) is 24.3 Å². The third-order valence-corrected chi connectivity index (χ3v) is 3.73. The smallest absolute Gasteiger partial charge is 0.205 e. The second-order valence-corrected chi connectivity index (χ2v) is 5.35. The second-order valence-electron chi connectivity index (χ2n) is 5.35. The van der Waals surface area contributed by atoms with Crippen LogP contribution in [0.5, 0.6) is 5.75 Å². The largest absolute Gasteiger partial charge is 0.494 e. The summed E-state index contributed by atoms with van der Waals surface area (Å²) in [7, 11) is 0. The average Bonchev–Trinajstić information content (AvgIpc) is 2.88. The van der Waals surface area contributed by atoms with E-state index >= 15 is 0 Å². The van der Waals surface area contributed by atoms with Crippen molar-refractivity contribution in [1.82, 2.24) is 5.32 Å². The summed E-state index contributed by atoms with van der Waals surface area (Å²) in [6.45, 7) is 2.63. The van der Waals surface area contributed by atoms with Crippen LogP contribution in [0.3, 0.4) is 0 Å². The quantitative estimate of drug-likeness (QED) is 0.794. The van der Waals surface area contributed by atoms with Crippen molar-refractivity contribution >= 4 is 17.6 Å². The fourth-order valence-corrected chi connectivity index (χ4v) is 2.80. The second kappa shape index (κ2) is 5.63. The maximum absolute atomic E-state index is 5.90. The molecule has 0 aromatic heterocycles. The van der Waals surface area contributed by atoms with Crippen molar-refractivity contribution in [2.75, 3.05) is 11.9 Å². The maximum atomic E-state index is 5.90. The molecule has 1 heterocycles. The number of hydrogen-bond donors (Lipinski definition) is 3. The third-order valence-electron chi connectivity index (χ3n) is 3.73. The van der Waals surface area contributed by atoms with Gasteiger partial charge in [0.15, 0.2) is 11.6 Å². The molecule has 1 spiro atoms. The maximum Gasteiger partial charge on any atom is 0.205 e. The Morgan fingerprint density at radius 3 is 2.62 bits per heavy atom. The van der Waals surface area contributed by atoms with Gasteiger partial charge >= 0.3 is 0 Å². The van der Waals surface area contributed by atoms with Gasteiger partial charge < -0.3 is 15.8 Å². The molecule has 0 radical (unpaired) electrons. The standard InChI is InChI=1S/C15H21N5O/c1-2-21-12-7-5-11(6-8-12)17-14-18-13(16)19-15(20-14)9-3-4-10-15/h5-8H,2-4,9-10H2,1H3,(H4,16,17,18,19,20). The first-order valence-corrected chi connectivity index (χ1v) is 7.41. The molecule has 1 aliphatic carbocycles. The fraction of sp³-hybridized carbons (Fsp3) is 0.467. The Balaban J connectivity index is 1.73. The molecule has 0 saturated heterocycles. The number of anilines is 1. The van der Waals surface area contributed by atoms with E-state index < -0.39 is 0 Å². The van der Waals surface area contributed by atoms with Gasteiger partial charge in [0, 0.05) is 5.69 Å². The lowest BCUT2D eigenvalue weighted by molar-refractivity contribution is 0.340. The van der Waals surface area contributed by atoms with Gasteiger partial charge in [-0.2, -0.15) is 0 Å². The first kappa shape index (κ1) is 13.7. The van der Waals surface area contributed by atoms with E-state index in [0.29, 0.717) is 18.5 Å². The van der Waals surface area contributed by atoms with Gasteiger partial charge in [0.05, 0.1) is 6.61 Å². The normalized spacial score (nSPS) is 19.7. The lowest BCUT2D eigenvalue weighted by atomic mass is 10.1. The molecule has 2 aliphatic rings. The summed E-state index contributed by atoms with van der Waals surface area (Å²) in [5, 5.41) is 6.25. The van der Waals surface area contributed by atoms with Gasteiger partial charge in [0.2, 0.25) is 5.96 Å². The van der Waals surface area contributed by atoms with Gasteiger partial charge in [0.25, 0.3) is 0 Å². The number of nitrogens with zero attached hydrogens (tertiary/aromatic N) is 2. The number of aliphatic imine (C=N–C) groups is 2. The molecular weight excluding hydrogens is 266 g/mol. The topological polar surface area (TPSA) is 84.0 Å². The van der Waals surface area contributed by atoms with Crippen molar-refractivity contribution in [2.45, 2.75) is 38.3 Å². The summed E-state index contributed by atoms with van der Waals surface area (Å²) in [6, 6.07) is 7.77. The van der Waals surface area contributed by atoms with Crippen LogP contribution >= 0.6 is 0 Å². The van der Waals surface area contributed by atoms with Gasteiger partial charge in [-0.15, -0.1) is 0 Å². The minimum atomic E-state index is -0.358. The Kier molecular flexibility index (Phi) is 3.68. The van der Waals surface area contributed by atoms with E-state index in [2.05, 4.69) is 15.6 Å². The summed E-state index contributed by atoms with van der Waals surface area (Å²) in [4.78, 5) is 9.19. The summed E-state index contributed by atoms with van der Waals surface area (Å²) in [6.07, 6.45) is 4.22. The molecule has 4 N–H and O–H groups in total. The molecule has 0 amide bonds. The number of guanidine groups is 2. The molecule has 0 atom stereocenters. The van der Waals surface area contributed by atoms with Crippen LogP contribution in [0, 0.1) is 0 Å². The van der Waals surface area contributed by atoms with E-state index in [4.69, 9.17) is 15.5 Å². The van der Waals surface area contributed by atoms with Gasteiger partial charge in [-0.3, -0.25) is 5.32 Å². The van der Waals surface area contributed by atoms with Crippen molar-refractivity contribution in [2.24, 2.45) is 15.7 Å². The lowest BCUT2D eigenvalue weighted by Crippen LogP contribution is -2.48. The van der Waals surface area contributed by atoms with Crippen molar-refractivity contribution in [3.8, 4) is 5.75 Å². The van der Waals surface area contributed by atoms with Crippen LogP contribution in [0.2, 0.25) is 0 Å². The van der Waals surface area contributed by atoms with Gasteiger partial charge in [-0.25, -0.2) is 9.98 Å². The molecule has 3 rings (SSSR count). The highest BCUT2D eigenvalue weighted by Crippen LogP contribution is 2.35. The molecule has 1 aliphatic heterocycles. The molecule has 0 bridgehead atoms. The van der Waals surface area contributed by atoms with Crippen molar-refractivity contribution in [1.29, 1.82) is 0 Å². The number of nitrogens with one attached hydrogen (secondary N) is 2. The predicted molar refractivity (Wildman–Crippen MR) is 84.6 cm³/mol. The van der Waals surface area contributed by atoms with Crippen molar-refractivity contribution in [3.63, 3.8) is 0 Å². The highest BCUT2D eigenvalue weighted by molar-refractivity contribution is 6.06. The van der Waals surface area contributed by atoms with Gasteiger partial charge in [0.1, 0.15) is 5.75 Å². The van der Waals surface area contributed by atoms with Crippen LogP contribution in [-0.4, -0.2) is 24.2 Å². The zero-order valence-electron chi connectivity index (χ0n) is 12.2. The Morgan fingerprint density at radius 2 is 1.95 bits per heavy atom. The Labute approximate surface area is 124 Å². The Morgan fingerprint density at radius 1 is 1.24 bits per heavy atom. The molecule has 21 heavy (non-hydrogen) atoms. The fourth-order valence-electron chi connectivity index (χ4n) is 2.80. The van der Waals surface area contributed by atoms with Crippen LogP contribution in [0.4, 0.5) is 5.69 Å². The number of rotatable bonds is 3. The lowest BCUT2D eigenvalue weighted by Gasteiger charge is -2.27. The monoisotopic (exact) mass is 287 g/mol. The highest BCUT2D eigenvalue weighted by Gasteiger charge is 2.36. The average molecular weight is 287 g/mol. The zero-order chi connectivity index (χ0) is 14.7. The molecule has 6 nitrogen and oxygen atoms in total. The number of nitrogens with two attached hydrogens (primary N) is 1. The highest BCUT2D eigenvalue weighted by atomic mass is 16.5.